The summed E-state index contributed by atoms with van der Waals surface area (Å²) in [5, 5.41) is 2.78. The number of nitrogens with one attached hydrogen (secondary N) is 1. The lowest BCUT2D eigenvalue weighted by atomic mass is 10.1. The van der Waals surface area contributed by atoms with E-state index < -0.39 is 15.9 Å². The first-order valence-corrected chi connectivity index (χ1v) is 12.3. The molecule has 182 valence electrons. The SMILES string of the molecule is COc1ccc(OC)c(N2C[C@@H](C(=O)Nc3ccc(S(=O)(=O)N4CCOCC4)cc3)CC2=O)c1. The van der Waals surface area contributed by atoms with Crippen molar-refractivity contribution in [2.45, 2.75) is 11.3 Å². The van der Waals surface area contributed by atoms with Crippen molar-refractivity contribution < 1.29 is 32.2 Å². The molecular weight excluding hydrogens is 462 g/mol. The summed E-state index contributed by atoms with van der Waals surface area (Å²) in [5.74, 6) is -0.00350. The number of rotatable bonds is 7. The number of carbonyl (C=O) groups excluding carboxylic acids is 2. The highest BCUT2D eigenvalue weighted by molar-refractivity contribution is 7.89. The first-order chi connectivity index (χ1) is 16.3. The Hall–Kier alpha value is -3.15. The standard InChI is InChI=1S/C23H27N3O7S/c1-31-18-5-8-21(32-2)20(14-18)26-15-16(13-22(26)27)23(28)24-17-3-6-19(7-4-17)34(29,30)25-9-11-33-12-10-25/h3-8,14,16H,9-13,15H2,1-2H3,(H,24,28)/t16-/m0/s1. The van der Waals surface area contributed by atoms with Gasteiger partial charge in [-0.3, -0.25) is 9.59 Å². The minimum Gasteiger partial charge on any atom is -0.497 e. The van der Waals surface area contributed by atoms with Gasteiger partial charge in [0, 0.05) is 37.8 Å². The van der Waals surface area contributed by atoms with E-state index in [-0.39, 0.29) is 29.7 Å². The summed E-state index contributed by atoms with van der Waals surface area (Å²) in [5.41, 5.74) is 0.996. The Morgan fingerprint density at radius 3 is 2.41 bits per heavy atom. The van der Waals surface area contributed by atoms with Crippen molar-refractivity contribution in [3.8, 4) is 11.5 Å². The number of morpholine rings is 1. The zero-order valence-electron chi connectivity index (χ0n) is 19.0. The molecule has 2 fully saturated rings. The highest BCUT2D eigenvalue weighted by Gasteiger charge is 2.36. The predicted molar refractivity (Wildman–Crippen MR) is 125 cm³/mol. The molecule has 2 aromatic rings. The average Bonchev–Trinajstić information content (AvgIpc) is 3.26. The van der Waals surface area contributed by atoms with Crippen LogP contribution in [0.3, 0.4) is 0 Å². The molecule has 0 aromatic heterocycles. The van der Waals surface area contributed by atoms with Crippen LogP contribution in [0.4, 0.5) is 11.4 Å². The van der Waals surface area contributed by atoms with Crippen LogP contribution in [-0.4, -0.2) is 71.6 Å². The Bertz CT molecular complexity index is 1160. The molecule has 2 aromatic carbocycles. The zero-order chi connectivity index (χ0) is 24.3. The fourth-order valence-corrected chi connectivity index (χ4v) is 5.42. The molecule has 10 nitrogen and oxygen atoms in total. The van der Waals surface area contributed by atoms with Gasteiger partial charge >= 0.3 is 0 Å². The fraction of sp³-hybridized carbons (Fsp3) is 0.391. The average molecular weight is 490 g/mol. The predicted octanol–water partition coefficient (Wildman–Crippen LogP) is 1.72. The molecule has 1 atom stereocenters. The van der Waals surface area contributed by atoms with Crippen molar-refractivity contribution in [1.82, 2.24) is 4.31 Å². The van der Waals surface area contributed by atoms with Gasteiger partial charge in [0.25, 0.3) is 0 Å². The number of hydrogen-bond donors (Lipinski definition) is 1. The quantitative estimate of drug-likeness (QED) is 0.630. The second-order valence-electron chi connectivity index (χ2n) is 7.97. The lowest BCUT2D eigenvalue weighted by Gasteiger charge is -2.26. The van der Waals surface area contributed by atoms with E-state index in [0.29, 0.717) is 49.2 Å². The van der Waals surface area contributed by atoms with Crippen LogP contribution in [0.1, 0.15) is 6.42 Å². The summed E-state index contributed by atoms with van der Waals surface area (Å²) in [6.45, 7) is 1.55. The second kappa shape index (κ2) is 10.00. The molecule has 4 rings (SSSR count). The maximum Gasteiger partial charge on any atom is 0.243 e. The van der Waals surface area contributed by atoms with Crippen molar-refractivity contribution in [2.75, 3.05) is 57.3 Å². The van der Waals surface area contributed by atoms with Crippen LogP contribution in [0.25, 0.3) is 0 Å². The highest BCUT2D eigenvalue weighted by atomic mass is 32.2. The van der Waals surface area contributed by atoms with Crippen LogP contribution in [0.2, 0.25) is 0 Å². The summed E-state index contributed by atoms with van der Waals surface area (Å²) in [6.07, 6.45) is 0.0513. The Kier molecular flexibility index (Phi) is 7.05. The molecule has 0 bridgehead atoms. The molecule has 2 amide bonds. The maximum atomic E-state index is 12.9. The number of methoxy groups -OCH3 is 2. The van der Waals surface area contributed by atoms with Gasteiger partial charge in [-0.2, -0.15) is 4.31 Å². The number of amides is 2. The molecule has 2 saturated heterocycles. The fourth-order valence-electron chi connectivity index (χ4n) is 4.01. The highest BCUT2D eigenvalue weighted by Crippen LogP contribution is 2.36. The largest absolute Gasteiger partial charge is 0.497 e. The number of sulfonamides is 1. The Morgan fingerprint density at radius 1 is 1.06 bits per heavy atom. The monoisotopic (exact) mass is 489 g/mol. The van der Waals surface area contributed by atoms with E-state index in [1.165, 1.54) is 35.6 Å². The molecule has 0 spiro atoms. The van der Waals surface area contributed by atoms with E-state index in [1.54, 1.807) is 30.3 Å². The van der Waals surface area contributed by atoms with Crippen molar-refractivity contribution in [3.05, 3.63) is 42.5 Å². The van der Waals surface area contributed by atoms with Gasteiger partial charge in [-0.05, 0) is 36.4 Å². The maximum absolute atomic E-state index is 12.9. The van der Waals surface area contributed by atoms with Crippen LogP contribution >= 0.6 is 0 Å². The summed E-state index contributed by atoms with van der Waals surface area (Å²) in [4.78, 5) is 27.2. The van der Waals surface area contributed by atoms with Crippen molar-refractivity contribution in [1.29, 1.82) is 0 Å². The summed E-state index contributed by atoms with van der Waals surface area (Å²) in [7, 11) is -0.568. The van der Waals surface area contributed by atoms with Crippen LogP contribution in [-0.2, 0) is 24.3 Å². The lowest BCUT2D eigenvalue weighted by Crippen LogP contribution is -2.40. The van der Waals surface area contributed by atoms with Gasteiger partial charge in [-0.1, -0.05) is 0 Å². The molecule has 2 aliphatic rings. The zero-order valence-corrected chi connectivity index (χ0v) is 19.8. The second-order valence-corrected chi connectivity index (χ2v) is 9.91. The number of nitrogens with zero attached hydrogens (tertiary/aromatic N) is 2. The Balaban J connectivity index is 1.43. The van der Waals surface area contributed by atoms with Crippen molar-refractivity contribution in [2.24, 2.45) is 5.92 Å². The molecule has 2 heterocycles. The molecular formula is C23H27N3O7S. The van der Waals surface area contributed by atoms with E-state index >= 15 is 0 Å². The van der Waals surface area contributed by atoms with E-state index in [2.05, 4.69) is 5.32 Å². The van der Waals surface area contributed by atoms with Crippen molar-refractivity contribution >= 4 is 33.2 Å². The third-order valence-corrected chi connectivity index (χ3v) is 7.82. The molecule has 1 N–H and O–H groups in total. The minimum absolute atomic E-state index is 0.0513. The number of ether oxygens (including phenoxy) is 3. The van der Waals surface area contributed by atoms with Crippen LogP contribution in [0, 0.1) is 5.92 Å². The summed E-state index contributed by atoms with van der Waals surface area (Å²) in [6, 6.07) is 11.2. The molecule has 0 unspecified atom stereocenters. The number of carbonyl (C=O) groups is 2. The number of benzene rings is 2. The van der Waals surface area contributed by atoms with Gasteiger partial charge in [0.1, 0.15) is 11.5 Å². The van der Waals surface area contributed by atoms with Crippen molar-refractivity contribution in [3.63, 3.8) is 0 Å². The first-order valence-electron chi connectivity index (χ1n) is 10.8. The third-order valence-electron chi connectivity index (χ3n) is 5.90. The summed E-state index contributed by atoms with van der Waals surface area (Å²) < 4.78 is 42.7. The van der Waals surface area contributed by atoms with Crippen LogP contribution in [0.5, 0.6) is 11.5 Å². The minimum atomic E-state index is -3.61. The molecule has 0 saturated carbocycles. The van der Waals surface area contributed by atoms with Gasteiger partial charge in [0.2, 0.25) is 21.8 Å². The third kappa shape index (κ3) is 4.86. The van der Waals surface area contributed by atoms with Gasteiger partial charge in [-0.25, -0.2) is 8.42 Å². The van der Waals surface area contributed by atoms with Crippen LogP contribution in [0.15, 0.2) is 47.4 Å². The topological polar surface area (TPSA) is 114 Å². The Morgan fingerprint density at radius 2 is 1.76 bits per heavy atom. The smallest absolute Gasteiger partial charge is 0.243 e. The van der Waals surface area contributed by atoms with E-state index in [1.807, 2.05) is 0 Å². The normalized spacial score (nSPS) is 19.2. The molecule has 11 heteroatoms. The van der Waals surface area contributed by atoms with Gasteiger partial charge in [0.15, 0.2) is 0 Å². The number of anilines is 2. The van der Waals surface area contributed by atoms with Gasteiger partial charge in [-0.15, -0.1) is 0 Å². The van der Waals surface area contributed by atoms with Crippen LogP contribution < -0.4 is 19.7 Å². The molecule has 0 radical (unpaired) electrons. The number of hydrogen-bond acceptors (Lipinski definition) is 7. The van der Waals surface area contributed by atoms with Gasteiger partial charge < -0.3 is 24.4 Å². The van der Waals surface area contributed by atoms with E-state index in [9.17, 15) is 18.0 Å². The van der Waals surface area contributed by atoms with Gasteiger partial charge in [0.05, 0.1) is 43.9 Å². The Labute approximate surface area is 198 Å². The first kappa shape index (κ1) is 24.0. The van der Waals surface area contributed by atoms with E-state index in [0.717, 1.165) is 0 Å². The molecule has 0 aliphatic carbocycles. The van der Waals surface area contributed by atoms with E-state index in [4.69, 9.17) is 14.2 Å². The molecule has 34 heavy (non-hydrogen) atoms. The molecule has 2 aliphatic heterocycles. The summed E-state index contributed by atoms with van der Waals surface area (Å²) >= 11 is 0. The lowest BCUT2D eigenvalue weighted by molar-refractivity contribution is -0.122.